The highest BCUT2D eigenvalue weighted by molar-refractivity contribution is 9.10. The molecule has 0 saturated carbocycles. The van der Waals surface area contributed by atoms with Gasteiger partial charge in [-0.25, -0.2) is 0 Å². The van der Waals surface area contributed by atoms with Gasteiger partial charge in [-0.2, -0.15) is 0 Å². The molecule has 1 unspecified atom stereocenters. The highest BCUT2D eigenvalue weighted by Gasteiger charge is 2.08. The van der Waals surface area contributed by atoms with Gasteiger partial charge in [-0.15, -0.1) is 12.3 Å². The van der Waals surface area contributed by atoms with E-state index in [1.165, 1.54) is 0 Å². The van der Waals surface area contributed by atoms with Crippen LogP contribution in [0.15, 0.2) is 22.7 Å². The maximum Gasteiger partial charge on any atom is 0.122 e. The number of hydrogen-bond acceptors (Lipinski definition) is 2. The third-order valence-corrected chi connectivity index (χ3v) is 3.25. The maximum atomic E-state index is 6.00. The molecule has 0 radical (unpaired) electrons. The lowest BCUT2D eigenvalue weighted by Gasteiger charge is -2.14. The van der Waals surface area contributed by atoms with E-state index in [1.807, 2.05) is 12.1 Å². The number of unbranched alkanes of at least 4 members (excludes halogenated alkanes) is 1. The van der Waals surface area contributed by atoms with Crippen LogP contribution in [0.5, 0.6) is 5.75 Å². The SMILES string of the molecule is C#CCCCOc1ccc(Br)cc1CC(N)CC. The monoisotopic (exact) mass is 309 g/mol. The number of halogens is 1. The lowest BCUT2D eigenvalue weighted by atomic mass is 10.0. The zero-order valence-corrected chi connectivity index (χ0v) is 12.4. The molecule has 0 aromatic heterocycles. The molecule has 0 amide bonds. The lowest BCUT2D eigenvalue weighted by molar-refractivity contribution is 0.309. The first kappa shape index (κ1) is 15.1. The van der Waals surface area contributed by atoms with Gasteiger partial charge in [-0.3, -0.25) is 0 Å². The molecule has 2 nitrogen and oxygen atoms in total. The molecule has 0 spiro atoms. The fourth-order valence-electron chi connectivity index (χ4n) is 1.63. The molecule has 1 aromatic rings. The van der Waals surface area contributed by atoms with E-state index in [0.29, 0.717) is 6.61 Å². The second-order valence-corrected chi connectivity index (χ2v) is 5.20. The van der Waals surface area contributed by atoms with Gasteiger partial charge in [0.1, 0.15) is 5.75 Å². The average molecular weight is 310 g/mol. The fourth-order valence-corrected chi connectivity index (χ4v) is 2.04. The number of rotatable bonds is 7. The summed E-state index contributed by atoms with van der Waals surface area (Å²) < 4.78 is 6.82. The quantitative estimate of drug-likeness (QED) is 0.618. The second kappa shape index (κ2) is 8.18. The Balaban J connectivity index is 2.67. The molecule has 1 aromatic carbocycles. The molecule has 0 aliphatic heterocycles. The minimum Gasteiger partial charge on any atom is -0.493 e. The molecule has 18 heavy (non-hydrogen) atoms. The first-order valence-corrected chi connectivity index (χ1v) is 7.07. The number of benzene rings is 1. The van der Waals surface area contributed by atoms with Crippen molar-refractivity contribution in [2.45, 2.75) is 38.6 Å². The molecule has 2 N–H and O–H groups in total. The number of ether oxygens (including phenoxy) is 1. The summed E-state index contributed by atoms with van der Waals surface area (Å²) in [5.74, 6) is 3.53. The van der Waals surface area contributed by atoms with Crippen molar-refractivity contribution in [3.8, 4) is 18.1 Å². The first-order chi connectivity index (χ1) is 8.67. The van der Waals surface area contributed by atoms with E-state index in [9.17, 15) is 0 Å². The predicted molar refractivity (Wildman–Crippen MR) is 79.7 cm³/mol. The summed E-state index contributed by atoms with van der Waals surface area (Å²) >= 11 is 3.48. The molecular weight excluding hydrogens is 290 g/mol. The van der Waals surface area contributed by atoms with Crippen LogP contribution in [0.4, 0.5) is 0 Å². The molecule has 0 saturated heterocycles. The normalized spacial score (nSPS) is 11.9. The molecule has 0 aliphatic carbocycles. The topological polar surface area (TPSA) is 35.2 Å². The molecule has 0 heterocycles. The molecular formula is C15H20BrNO. The van der Waals surface area contributed by atoms with Crippen LogP contribution < -0.4 is 10.5 Å². The summed E-state index contributed by atoms with van der Waals surface area (Å²) in [4.78, 5) is 0. The van der Waals surface area contributed by atoms with E-state index in [-0.39, 0.29) is 6.04 Å². The zero-order valence-electron chi connectivity index (χ0n) is 10.8. The molecule has 0 bridgehead atoms. The smallest absolute Gasteiger partial charge is 0.122 e. The first-order valence-electron chi connectivity index (χ1n) is 6.27. The van der Waals surface area contributed by atoms with Gasteiger partial charge in [-0.05, 0) is 43.0 Å². The highest BCUT2D eigenvalue weighted by Crippen LogP contribution is 2.25. The minimum absolute atomic E-state index is 0.173. The fraction of sp³-hybridized carbons (Fsp3) is 0.467. The van der Waals surface area contributed by atoms with Crippen molar-refractivity contribution in [2.75, 3.05) is 6.61 Å². The van der Waals surface area contributed by atoms with Crippen molar-refractivity contribution in [3.63, 3.8) is 0 Å². The summed E-state index contributed by atoms with van der Waals surface area (Å²) in [6.45, 7) is 2.75. The van der Waals surface area contributed by atoms with Crippen LogP contribution in [-0.4, -0.2) is 12.6 Å². The summed E-state index contributed by atoms with van der Waals surface area (Å²) in [7, 11) is 0. The Bertz CT molecular complexity index is 411. The van der Waals surface area contributed by atoms with Gasteiger partial charge in [0, 0.05) is 16.9 Å². The van der Waals surface area contributed by atoms with E-state index in [4.69, 9.17) is 16.9 Å². The van der Waals surface area contributed by atoms with Crippen LogP contribution in [0, 0.1) is 12.3 Å². The summed E-state index contributed by atoms with van der Waals surface area (Å²) in [6, 6.07) is 6.22. The van der Waals surface area contributed by atoms with Gasteiger partial charge in [0.2, 0.25) is 0 Å². The molecule has 1 atom stereocenters. The van der Waals surface area contributed by atoms with E-state index in [1.54, 1.807) is 0 Å². The summed E-state index contributed by atoms with van der Waals surface area (Å²) in [6.07, 6.45) is 8.64. The van der Waals surface area contributed by atoms with Crippen LogP contribution in [0.3, 0.4) is 0 Å². The van der Waals surface area contributed by atoms with Crippen LogP contribution in [0.2, 0.25) is 0 Å². The van der Waals surface area contributed by atoms with Crippen molar-refractivity contribution in [2.24, 2.45) is 5.73 Å². The van der Waals surface area contributed by atoms with Crippen LogP contribution >= 0.6 is 15.9 Å². The van der Waals surface area contributed by atoms with Crippen LogP contribution in [-0.2, 0) is 6.42 Å². The van der Waals surface area contributed by atoms with Gasteiger partial charge in [0.15, 0.2) is 0 Å². The van der Waals surface area contributed by atoms with Crippen molar-refractivity contribution in [3.05, 3.63) is 28.2 Å². The van der Waals surface area contributed by atoms with Crippen molar-refractivity contribution < 1.29 is 4.74 Å². The Morgan fingerprint density at radius 1 is 1.50 bits per heavy atom. The van der Waals surface area contributed by atoms with Crippen molar-refractivity contribution in [1.29, 1.82) is 0 Å². The predicted octanol–water partition coefficient (Wildman–Crippen LogP) is 3.52. The van der Waals surface area contributed by atoms with E-state index in [2.05, 4.69) is 34.8 Å². The molecule has 0 aliphatic rings. The zero-order chi connectivity index (χ0) is 13.4. The lowest BCUT2D eigenvalue weighted by Crippen LogP contribution is -2.21. The number of terminal acetylenes is 1. The van der Waals surface area contributed by atoms with Gasteiger partial charge in [0.05, 0.1) is 6.61 Å². The third-order valence-electron chi connectivity index (χ3n) is 2.75. The second-order valence-electron chi connectivity index (χ2n) is 4.28. The van der Waals surface area contributed by atoms with Crippen LogP contribution in [0.25, 0.3) is 0 Å². The molecule has 0 fully saturated rings. The highest BCUT2D eigenvalue weighted by atomic mass is 79.9. The van der Waals surface area contributed by atoms with Gasteiger partial charge in [0.25, 0.3) is 0 Å². The van der Waals surface area contributed by atoms with Gasteiger partial charge in [-0.1, -0.05) is 22.9 Å². The van der Waals surface area contributed by atoms with Crippen molar-refractivity contribution >= 4 is 15.9 Å². The maximum absolute atomic E-state index is 6.00. The summed E-state index contributed by atoms with van der Waals surface area (Å²) in [5, 5.41) is 0. The Morgan fingerprint density at radius 3 is 2.94 bits per heavy atom. The average Bonchev–Trinajstić information content (AvgIpc) is 2.36. The largest absolute Gasteiger partial charge is 0.493 e. The molecule has 3 heteroatoms. The Morgan fingerprint density at radius 2 is 2.28 bits per heavy atom. The van der Waals surface area contributed by atoms with E-state index < -0.39 is 0 Å². The van der Waals surface area contributed by atoms with Gasteiger partial charge >= 0.3 is 0 Å². The van der Waals surface area contributed by atoms with Crippen LogP contribution in [0.1, 0.15) is 31.7 Å². The number of nitrogens with two attached hydrogens (primary N) is 1. The van der Waals surface area contributed by atoms with E-state index >= 15 is 0 Å². The third kappa shape index (κ3) is 5.12. The Labute approximate surface area is 118 Å². The Hall–Kier alpha value is -0.980. The molecule has 1 rings (SSSR count). The van der Waals surface area contributed by atoms with Gasteiger partial charge < -0.3 is 10.5 Å². The standard InChI is InChI=1S/C15H20BrNO/c1-3-5-6-9-18-15-8-7-13(16)10-12(15)11-14(17)4-2/h1,7-8,10,14H,4-6,9,11,17H2,2H3. The van der Waals surface area contributed by atoms with Crippen molar-refractivity contribution in [1.82, 2.24) is 0 Å². The molecule has 98 valence electrons. The Kier molecular flexibility index (Phi) is 6.85. The summed E-state index contributed by atoms with van der Waals surface area (Å²) in [5.41, 5.74) is 7.16. The van der Waals surface area contributed by atoms with E-state index in [0.717, 1.165) is 41.5 Å². The number of hydrogen-bond donors (Lipinski definition) is 1. The minimum atomic E-state index is 0.173.